The van der Waals surface area contributed by atoms with Gasteiger partial charge in [-0.15, -0.1) is 0 Å². The van der Waals surface area contributed by atoms with Crippen LogP contribution in [0, 0.1) is 5.92 Å². The predicted molar refractivity (Wildman–Crippen MR) is 96.9 cm³/mol. The number of hydrogen-bond donors (Lipinski definition) is 2. The molecule has 0 atom stereocenters. The van der Waals surface area contributed by atoms with Gasteiger partial charge in [-0.2, -0.15) is 0 Å². The van der Waals surface area contributed by atoms with Crippen LogP contribution in [-0.2, 0) is 0 Å². The molecule has 0 unspecified atom stereocenters. The molecular weight excluding hydrogens is 318 g/mol. The SMILES string of the molecule is COc1cnc2ccccc2c1C(=O)NCC1CCN(CCO)CC1. The summed E-state index contributed by atoms with van der Waals surface area (Å²) in [5.41, 5.74) is 1.33. The zero-order valence-corrected chi connectivity index (χ0v) is 14.6. The van der Waals surface area contributed by atoms with Gasteiger partial charge < -0.3 is 20.1 Å². The molecule has 1 fully saturated rings. The van der Waals surface area contributed by atoms with Crippen molar-refractivity contribution in [1.82, 2.24) is 15.2 Å². The number of methoxy groups -OCH3 is 1. The van der Waals surface area contributed by atoms with E-state index in [0.717, 1.165) is 43.4 Å². The van der Waals surface area contributed by atoms with Gasteiger partial charge in [0, 0.05) is 18.5 Å². The minimum atomic E-state index is -0.117. The number of likely N-dealkylation sites (tertiary alicyclic amines) is 1. The van der Waals surface area contributed by atoms with Gasteiger partial charge in [-0.3, -0.25) is 9.78 Å². The number of carbonyl (C=O) groups excluding carboxylic acids is 1. The zero-order chi connectivity index (χ0) is 17.6. The largest absolute Gasteiger partial charge is 0.494 e. The number of aliphatic hydroxyl groups excluding tert-OH is 1. The van der Waals surface area contributed by atoms with Crippen molar-refractivity contribution in [2.24, 2.45) is 5.92 Å². The second kappa shape index (κ2) is 8.27. The quantitative estimate of drug-likeness (QED) is 0.835. The maximum absolute atomic E-state index is 12.8. The Kier molecular flexibility index (Phi) is 5.83. The van der Waals surface area contributed by atoms with E-state index >= 15 is 0 Å². The Morgan fingerprint density at radius 1 is 1.36 bits per heavy atom. The number of nitrogens with zero attached hydrogens (tertiary/aromatic N) is 2. The molecule has 3 rings (SSSR count). The minimum absolute atomic E-state index is 0.117. The van der Waals surface area contributed by atoms with Crippen LogP contribution in [0.5, 0.6) is 5.75 Å². The number of aliphatic hydroxyl groups is 1. The number of nitrogens with one attached hydrogen (secondary N) is 1. The maximum Gasteiger partial charge on any atom is 0.255 e. The van der Waals surface area contributed by atoms with Gasteiger partial charge in [-0.1, -0.05) is 18.2 Å². The summed E-state index contributed by atoms with van der Waals surface area (Å²) in [7, 11) is 1.56. The van der Waals surface area contributed by atoms with Crippen molar-refractivity contribution in [3.8, 4) is 5.75 Å². The van der Waals surface area contributed by atoms with Crippen LogP contribution in [0.3, 0.4) is 0 Å². The fraction of sp³-hybridized carbons (Fsp3) is 0.474. The van der Waals surface area contributed by atoms with Crippen molar-refractivity contribution in [2.75, 3.05) is 39.9 Å². The van der Waals surface area contributed by atoms with Crippen LogP contribution >= 0.6 is 0 Å². The second-order valence-electron chi connectivity index (χ2n) is 6.44. The normalized spacial score (nSPS) is 16.1. The number of carbonyl (C=O) groups is 1. The Balaban J connectivity index is 1.67. The smallest absolute Gasteiger partial charge is 0.255 e. The monoisotopic (exact) mass is 343 g/mol. The summed E-state index contributed by atoms with van der Waals surface area (Å²) in [5, 5.41) is 12.9. The Morgan fingerprint density at radius 3 is 2.84 bits per heavy atom. The molecule has 1 aliphatic heterocycles. The molecule has 2 N–H and O–H groups in total. The lowest BCUT2D eigenvalue weighted by Crippen LogP contribution is -2.39. The van der Waals surface area contributed by atoms with Crippen LogP contribution in [0.4, 0.5) is 0 Å². The van der Waals surface area contributed by atoms with E-state index in [0.29, 0.717) is 23.8 Å². The lowest BCUT2D eigenvalue weighted by molar-refractivity contribution is 0.0931. The topological polar surface area (TPSA) is 74.7 Å². The first-order valence-electron chi connectivity index (χ1n) is 8.76. The minimum Gasteiger partial charge on any atom is -0.494 e. The average Bonchev–Trinajstić information content (AvgIpc) is 2.66. The fourth-order valence-electron chi connectivity index (χ4n) is 3.39. The number of aromatic nitrogens is 1. The van der Waals surface area contributed by atoms with Gasteiger partial charge in [-0.05, 0) is 37.9 Å². The van der Waals surface area contributed by atoms with Gasteiger partial charge in [-0.25, -0.2) is 0 Å². The first kappa shape index (κ1) is 17.6. The van der Waals surface area contributed by atoms with Gasteiger partial charge in [0.25, 0.3) is 5.91 Å². The third-order valence-electron chi connectivity index (χ3n) is 4.86. The van der Waals surface area contributed by atoms with Gasteiger partial charge >= 0.3 is 0 Å². The molecule has 1 saturated heterocycles. The van der Waals surface area contributed by atoms with Crippen molar-refractivity contribution in [3.63, 3.8) is 0 Å². The van der Waals surface area contributed by atoms with Gasteiger partial charge in [0.1, 0.15) is 0 Å². The number of rotatable bonds is 6. The van der Waals surface area contributed by atoms with Gasteiger partial charge in [0.15, 0.2) is 5.75 Å². The molecule has 25 heavy (non-hydrogen) atoms. The number of benzene rings is 1. The number of ether oxygens (including phenoxy) is 1. The summed E-state index contributed by atoms with van der Waals surface area (Å²) in [6.07, 6.45) is 3.67. The van der Waals surface area contributed by atoms with Crippen LogP contribution in [0.25, 0.3) is 10.9 Å². The van der Waals surface area contributed by atoms with E-state index in [2.05, 4.69) is 15.2 Å². The molecule has 2 aromatic rings. The van der Waals surface area contributed by atoms with Crippen molar-refractivity contribution in [1.29, 1.82) is 0 Å². The molecule has 0 radical (unpaired) electrons. The van der Waals surface area contributed by atoms with E-state index in [1.165, 1.54) is 0 Å². The summed E-state index contributed by atoms with van der Waals surface area (Å²) in [5.74, 6) is 0.847. The van der Waals surface area contributed by atoms with E-state index in [4.69, 9.17) is 9.84 Å². The lowest BCUT2D eigenvalue weighted by Gasteiger charge is -2.31. The second-order valence-corrected chi connectivity index (χ2v) is 6.44. The number of para-hydroxylation sites is 1. The molecule has 1 amide bonds. The van der Waals surface area contributed by atoms with E-state index in [1.807, 2.05) is 24.3 Å². The first-order valence-corrected chi connectivity index (χ1v) is 8.76. The number of β-amino-alcohol motifs (C(OH)–C–C–N with tert-alkyl or cyclic N) is 1. The van der Waals surface area contributed by atoms with Crippen LogP contribution < -0.4 is 10.1 Å². The van der Waals surface area contributed by atoms with Gasteiger partial charge in [0.05, 0.1) is 31.0 Å². The van der Waals surface area contributed by atoms with E-state index in [9.17, 15) is 4.79 Å². The molecule has 6 nitrogen and oxygen atoms in total. The average molecular weight is 343 g/mol. The van der Waals surface area contributed by atoms with Crippen molar-refractivity contribution >= 4 is 16.8 Å². The molecule has 0 aliphatic carbocycles. The fourth-order valence-corrected chi connectivity index (χ4v) is 3.39. The Morgan fingerprint density at radius 2 is 2.12 bits per heavy atom. The highest BCUT2D eigenvalue weighted by molar-refractivity contribution is 6.08. The highest BCUT2D eigenvalue weighted by atomic mass is 16.5. The summed E-state index contributed by atoms with van der Waals surface area (Å²) in [4.78, 5) is 19.4. The number of fused-ring (bicyclic) bond motifs is 1. The van der Waals surface area contributed by atoms with Gasteiger partial charge in [0.2, 0.25) is 0 Å². The van der Waals surface area contributed by atoms with Crippen molar-refractivity contribution < 1.29 is 14.6 Å². The molecule has 1 aliphatic rings. The molecule has 0 saturated carbocycles. The number of amides is 1. The van der Waals surface area contributed by atoms with E-state index in [1.54, 1.807) is 13.3 Å². The standard InChI is InChI=1S/C19H25N3O3/c1-25-17-13-20-16-5-3-2-4-15(16)18(17)19(24)21-12-14-6-8-22(9-7-14)10-11-23/h2-5,13-14,23H,6-12H2,1H3,(H,21,24). The summed E-state index contributed by atoms with van der Waals surface area (Å²) in [6.45, 7) is 3.55. The number of hydrogen-bond acceptors (Lipinski definition) is 5. The Hall–Kier alpha value is -2.18. The van der Waals surface area contributed by atoms with Crippen LogP contribution in [0.15, 0.2) is 30.5 Å². The third kappa shape index (κ3) is 4.08. The number of piperidine rings is 1. The molecule has 2 heterocycles. The van der Waals surface area contributed by atoms with E-state index < -0.39 is 0 Å². The maximum atomic E-state index is 12.8. The summed E-state index contributed by atoms with van der Waals surface area (Å²) in [6, 6.07) is 7.59. The highest BCUT2D eigenvalue weighted by Gasteiger charge is 2.21. The molecule has 1 aromatic heterocycles. The zero-order valence-electron chi connectivity index (χ0n) is 14.6. The summed E-state index contributed by atoms with van der Waals surface area (Å²) >= 11 is 0. The first-order chi connectivity index (χ1) is 12.2. The van der Waals surface area contributed by atoms with Crippen LogP contribution in [0.2, 0.25) is 0 Å². The van der Waals surface area contributed by atoms with Crippen molar-refractivity contribution in [3.05, 3.63) is 36.0 Å². The van der Waals surface area contributed by atoms with Crippen LogP contribution in [0.1, 0.15) is 23.2 Å². The molecule has 0 bridgehead atoms. The van der Waals surface area contributed by atoms with E-state index in [-0.39, 0.29) is 12.5 Å². The highest BCUT2D eigenvalue weighted by Crippen LogP contribution is 2.26. The predicted octanol–water partition coefficient (Wildman–Crippen LogP) is 1.68. The van der Waals surface area contributed by atoms with Crippen molar-refractivity contribution in [2.45, 2.75) is 12.8 Å². The van der Waals surface area contributed by atoms with Crippen LogP contribution in [-0.4, -0.2) is 60.8 Å². The Bertz CT molecular complexity index is 727. The molecule has 1 aromatic carbocycles. The molecule has 0 spiro atoms. The summed E-state index contributed by atoms with van der Waals surface area (Å²) < 4.78 is 5.35. The molecular formula is C19H25N3O3. The Labute approximate surface area is 147 Å². The number of pyridine rings is 1. The molecule has 134 valence electrons. The third-order valence-corrected chi connectivity index (χ3v) is 4.86. The molecule has 6 heteroatoms. The lowest BCUT2D eigenvalue weighted by atomic mass is 9.96.